The van der Waals surface area contributed by atoms with Crippen molar-refractivity contribution in [1.82, 2.24) is 25.5 Å². The maximum absolute atomic E-state index is 13.5. The van der Waals surface area contributed by atoms with Gasteiger partial charge in [0, 0.05) is 12.5 Å². The van der Waals surface area contributed by atoms with Crippen LogP contribution in [0.4, 0.5) is 4.39 Å². The molecule has 1 N–H and O–H groups in total. The molecule has 1 aliphatic heterocycles. The lowest BCUT2D eigenvalue weighted by Gasteiger charge is -2.01. The number of benzene rings is 1. The fourth-order valence-electron chi connectivity index (χ4n) is 1.98. The normalized spacial score (nSPS) is 19.7. The van der Waals surface area contributed by atoms with E-state index in [1.54, 1.807) is 18.2 Å². The molecule has 0 aliphatic carbocycles. The predicted octanol–water partition coefficient (Wildman–Crippen LogP) is 0.878. The topological polar surface area (TPSA) is 55.6 Å². The number of hydrogen-bond acceptors (Lipinski definition) is 4. The summed E-state index contributed by atoms with van der Waals surface area (Å²) in [6.45, 7) is 1.84. The third kappa shape index (κ3) is 1.91. The maximum atomic E-state index is 13.5. The lowest BCUT2D eigenvalue weighted by Crippen LogP contribution is -2.09. The van der Waals surface area contributed by atoms with E-state index in [1.165, 1.54) is 10.9 Å². The van der Waals surface area contributed by atoms with Crippen molar-refractivity contribution in [1.29, 1.82) is 0 Å². The van der Waals surface area contributed by atoms with Gasteiger partial charge in [-0.15, -0.1) is 15.0 Å². The molecule has 88 valence electrons. The number of para-hydroxylation sites is 1. The monoisotopic (exact) mass is 233 g/mol. The van der Waals surface area contributed by atoms with Crippen molar-refractivity contribution in [2.45, 2.75) is 12.3 Å². The molecule has 6 heteroatoms. The first kappa shape index (κ1) is 10.3. The van der Waals surface area contributed by atoms with Crippen LogP contribution in [0, 0.1) is 5.82 Å². The standard InChI is InChI=1S/C11H12FN5/c12-9-3-1-2-4-10(9)17-15-11(14-16-17)8-5-6-13-7-8/h1-4,8,13H,5-7H2. The summed E-state index contributed by atoms with van der Waals surface area (Å²) >= 11 is 0. The molecular weight excluding hydrogens is 221 g/mol. The van der Waals surface area contributed by atoms with Gasteiger partial charge >= 0.3 is 0 Å². The molecule has 1 aromatic carbocycles. The number of halogens is 1. The van der Waals surface area contributed by atoms with Gasteiger partial charge in [0.1, 0.15) is 5.69 Å². The predicted molar refractivity (Wildman–Crippen MR) is 59.3 cm³/mol. The summed E-state index contributed by atoms with van der Waals surface area (Å²) < 4.78 is 13.5. The van der Waals surface area contributed by atoms with E-state index in [1.807, 2.05) is 0 Å². The molecular formula is C11H12FN5. The molecule has 1 aliphatic rings. The summed E-state index contributed by atoms with van der Waals surface area (Å²) in [6.07, 6.45) is 1.00. The van der Waals surface area contributed by atoms with Crippen molar-refractivity contribution in [3.05, 3.63) is 35.9 Å². The molecule has 17 heavy (non-hydrogen) atoms. The van der Waals surface area contributed by atoms with E-state index in [4.69, 9.17) is 0 Å². The van der Waals surface area contributed by atoms with Crippen molar-refractivity contribution in [2.75, 3.05) is 13.1 Å². The molecule has 0 saturated carbocycles. The first-order valence-electron chi connectivity index (χ1n) is 5.60. The SMILES string of the molecule is Fc1ccccc1-n1nnc(C2CCNC2)n1. The summed E-state index contributed by atoms with van der Waals surface area (Å²) in [4.78, 5) is 1.25. The Hall–Kier alpha value is -1.82. The van der Waals surface area contributed by atoms with Gasteiger partial charge in [-0.25, -0.2) is 4.39 Å². The average Bonchev–Trinajstić information content (AvgIpc) is 3.00. The number of tetrazole rings is 1. The number of nitrogens with zero attached hydrogens (tertiary/aromatic N) is 4. The Morgan fingerprint density at radius 3 is 3.00 bits per heavy atom. The summed E-state index contributed by atoms with van der Waals surface area (Å²) in [6, 6.07) is 6.40. The molecule has 3 rings (SSSR count). The molecule has 0 radical (unpaired) electrons. The van der Waals surface area contributed by atoms with Gasteiger partial charge in [-0.2, -0.15) is 0 Å². The minimum absolute atomic E-state index is 0.288. The Balaban J connectivity index is 1.92. The largest absolute Gasteiger partial charge is 0.316 e. The highest BCUT2D eigenvalue weighted by Gasteiger charge is 2.21. The van der Waals surface area contributed by atoms with Gasteiger partial charge in [0.2, 0.25) is 0 Å². The van der Waals surface area contributed by atoms with Crippen LogP contribution in [0.5, 0.6) is 0 Å². The molecule has 0 amide bonds. The van der Waals surface area contributed by atoms with Gasteiger partial charge in [-0.05, 0) is 30.3 Å². The van der Waals surface area contributed by atoms with Crippen LogP contribution in [-0.4, -0.2) is 33.3 Å². The van der Waals surface area contributed by atoms with Crippen molar-refractivity contribution in [2.24, 2.45) is 0 Å². The Labute approximate surface area is 97.6 Å². The summed E-state index contributed by atoms with van der Waals surface area (Å²) in [7, 11) is 0. The van der Waals surface area contributed by atoms with Gasteiger partial charge in [-0.3, -0.25) is 0 Å². The molecule has 1 aromatic heterocycles. The lowest BCUT2D eigenvalue weighted by atomic mass is 10.1. The molecule has 5 nitrogen and oxygen atoms in total. The van der Waals surface area contributed by atoms with Gasteiger partial charge < -0.3 is 5.32 Å². The Kier molecular flexibility index (Phi) is 2.56. The number of nitrogens with one attached hydrogen (secondary N) is 1. The van der Waals surface area contributed by atoms with Crippen molar-refractivity contribution < 1.29 is 4.39 Å². The quantitative estimate of drug-likeness (QED) is 0.836. The van der Waals surface area contributed by atoms with Crippen LogP contribution >= 0.6 is 0 Å². The molecule has 1 unspecified atom stereocenters. The van der Waals surface area contributed by atoms with Crippen LogP contribution in [0.15, 0.2) is 24.3 Å². The van der Waals surface area contributed by atoms with Gasteiger partial charge in [0.05, 0.1) is 0 Å². The van der Waals surface area contributed by atoms with E-state index in [0.717, 1.165) is 19.5 Å². The van der Waals surface area contributed by atoms with E-state index in [0.29, 0.717) is 11.5 Å². The van der Waals surface area contributed by atoms with E-state index in [2.05, 4.69) is 20.7 Å². The zero-order valence-corrected chi connectivity index (χ0v) is 9.17. The third-order valence-corrected chi connectivity index (χ3v) is 2.92. The molecule has 1 saturated heterocycles. The fraction of sp³-hybridized carbons (Fsp3) is 0.364. The Bertz CT molecular complexity index is 518. The molecule has 0 bridgehead atoms. The highest BCUT2D eigenvalue weighted by atomic mass is 19.1. The highest BCUT2D eigenvalue weighted by molar-refractivity contribution is 5.30. The van der Waals surface area contributed by atoms with Crippen molar-refractivity contribution in [3.8, 4) is 5.69 Å². The fourth-order valence-corrected chi connectivity index (χ4v) is 1.98. The van der Waals surface area contributed by atoms with E-state index in [-0.39, 0.29) is 11.7 Å². The maximum Gasteiger partial charge on any atom is 0.179 e. The summed E-state index contributed by atoms with van der Waals surface area (Å²) in [5, 5.41) is 15.4. The number of hydrogen-bond donors (Lipinski definition) is 1. The van der Waals surface area contributed by atoms with Gasteiger partial charge in [0.25, 0.3) is 0 Å². The van der Waals surface area contributed by atoms with E-state index >= 15 is 0 Å². The summed E-state index contributed by atoms with van der Waals surface area (Å²) in [5.74, 6) is 0.620. The van der Waals surface area contributed by atoms with Crippen molar-refractivity contribution >= 4 is 0 Å². The van der Waals surface area contributed by atoms with Crippen LogP contribution in [-0.2, 0) is 0 Å². The smallest absolute Gasteiger partial charge is 0.179 e. The van der Waals surface area contributed by atoms with Crippen LogP contribution in [0.25, 0.3) is 5.69 Å². The molecule has 1 fully saturated rings. The number of rotatable bonds is 2. The second kappa shape index (κ2) is 4.21. The first-order chi connectivity index (χ1) is 8.34. The Morgan fingerprint density at radius 1 is 1.35 bits per heavy atom. The van der Waals surface area contributed by atoms with Crippen LogP contribution in [0.2, 0.25) is 0 Å². The summed E-state index contributed by atoms with van der Waals surface area (Å²) in [5.41, 5.74) is 0.331. The molecule has 2 aromatic rings. The first-order valence-corrected chi connectivity index (χ1v) is 5.60. The lowest BCUT2D eigenvalue weighted by molar-refractivity contribution is 0.590. The minimum atomic E-state index is -0.346. The second-order valence-corrected chi connectivity index (χ2v) is 4.08. The van der Waals surface area contributed by atoms with E-state index < -0.39 is 0 Å². The number of aromatic nitrogens is 4. The zero-order valence-electron chi connectivity index (χ0n) is 9.17. The van der Waals surface area contributed by atoms with Gasteiger partial charge in [0.15, 0.2) is 11.6 Å². The highest BCUT2D eigenvalue weighted by Crippen LogP contribution is 2.18. The van der Waals surface area contributed by atoms with Crippen LogP contribution in [0.3, 0.4) is 0 Å². The Morgan fingerprint density at radius 2 is 2.24 bits per heavy atom. The minimum Gasteiger partial charge on any atom is -0.316 e. The second-order valence-electron chi connectivity index (χ2n) is 4.08. The molecule has 2 heterocycles. The third-order valence-electron chi connectivity index (χ3n) is 2.92. The van der Waals surface area contributed by atoms with Crippen molar-refractivity contribution in [3.63, 3.8) is 0 Å². The average molecular weight is 233 g/mol. The molecule has 0 spiro atoms. The van der Waals surface area contributed by atoms with Crippen LogP contribution < -0.4 is 5.32 Å². The zero-order chi connectivity index (χ0) is 11.7. The molecule has 1 atom stereocenters. The van der Waals surface area contributed by atoms with E-state index in [9.17, 15) is 4.39 Å². The van der Waals surface area contributed by atoms with Crippen LogP contribution in [0.1, 0.15) is 18.2 Å². The van der Waals surface area contributed by atoms with Gasteiger partial charge in [-0.1, -0.05) is 12.1 Å².